The van der Waals surface area contributed by atoms with Crippen molar-refractivity contribution in [3.05, 3.63) is 16.1 Å². The fraction of sp³-hybridized carbons (Fsp3) is 0.706. The summed E-state index contributed by atoms with van der Waals surface area (Å²) in [6.45, 7) is 10.7. The molecule has 1 heterocycles. The minimum absolute atomic E-state index is 0.0856. The van der Waals surface area contributed by atoms with E-state index in [9.17, 15) is 14.7 Å². The lowest BCUT2D eigenvalue weighted by molar-refractivity contribution is -0.142. The lowest BCUT2D eigenvalue weighted by Crippen LogP contribution is -2.42. The molecular weight excluding hydrogens is 344 g/mol. The summed E-state index contributed by atoms with van der Waals surface area (Å²) in [6, 6.07) is -0.259. The summed E-state index contributed by atoms with van der Waals surface area (Å²) in [7, 11) is 0. The molecule has 0 aromatic carbocycles. The predicted octanol–water partition coefficient (Wildman–Crippen LogP) is 3.18. The lowest BCUT2D eigenvalue weighted by atomic mass is 9.98. The molecule has 1 aromatic heterocycles. The van der Waals surface area contributed by atoms with E-state index < -0.39 is 17.8 Å². The van der Waals surface area contributed by atoms with Crippen LogP contribution in [0.15, 0.2) is 5.38 Å². The van der Waals surface area contributed by atoms with Gasteiger partial charge in [-0.05, 0) is 26.7 Å². The molecule has 0 bridgehead atoms. The maximum absolute atomic E-state index is 12.0. The van der Waals surface area contributed by atoms with E-state index in [0.717, 1.165) is 0 Å². The number of alkyl carbamates (subject to hydrolysis) is 1. The van der Waals surface area contributed by atoms with Crippen LogP contribution in [0.4, 0.5) is 4.79 Å². The molecule has 1 rings (SSSR count). The monoisotopic (exact) mass is 372 g/mol. The van der Waals surface area contributed by atoms with Crippen LogP contribution in [0.5, 0.6) is 0 Å². The number of aliphatic hydroxyl groups is 1. The van der Waals surface area contributed by atoms with Crippen molar-refractivity contribution in [2.75, 3.05) is 0 Å². The number of hydrogen-bond acceptors (Lipinski definition) is 7. The van der Waals surface area contributed by atoms with Crippen molar-refractivity contribution in [3.8, 4) is 0 Å². The molecule has 25 heavy (non-hydrogen) atoms. The molecule has 0 aliphatic heterocycles. The second kappa shape index (κ2) is 9.15. The van der Waals surface area contributed by atoms with Gasteiger partial charge >= 0.3 is 12.1 Å². The highest BCUT2D eigenvalue weighted by molar-refractivity contribution is 7.09. The van der Waals surface area contributed by atoms with Gasteiger partial charge in [-0.3, -0.25) is 4.79 Å². The highest BCUT2D eigenvalue weighted by Gasteiger charge is 2.25. The van der Waals surface area contributed by atoms with Crippen molar-refractivity contribution in [2.45, 2.75) is 72.3 Å². The van der Waals surface area contributed by atoms with Gasteiger partial charge in [0.2, 0.25) is 0 Å². The third-order valence-corrected chi connectivity index (χ3v) is 4.26. The van der Waals surface area contributed by atoms with Crippen LogP contribution in [-0.4, -0.2) is 33.8 Å². The number of nitrogens with one attached hydrogen (secondary N) is 1. The van der Waals surface area contributed by atoms with E-state index in [1.54, 1.807) is 26.2 Å². The molecule has 0 unspecified atom stereocenters. The van der Waals surface area contributed by atoms with Gasteiger partial charge in [0, 0.05) is 24.8 Å². The SMILES string of the molecule is CC(=O)OCc1csc([C@H](O)C[C@@H](NC(=O)OC(C)(C)C)C(C)C)n1. The largest absolute Gasteiger partial charge is 0.459 e. The number of rotatable bonds is 7. The Hall–Kier alpha value is -1.67. The van der Waals surface area contributed by atoms with E-state index in [1.807, 2.05) is 13.8 Å². The standard InChI is InChI=1S/C17H28N2O5S/c1-10(2)13(19-16(22)24-17(4,5)6)7-14(21)15-18-12(9-25-15)8-23-11(3)20/h9-10,13-14,21H,7-8H2,1-6H3,(H,19,22)/t13-,14-/m1/s1. The van der Waals surface area contributed by atoms with Gasteiger partial charge in [0.15, 0.2) is 0 Å². The molecule has 7 nitrogen and oxygen atoms in total. The van der Waals surface area contributed by atoms with E-state index in [4.69, 9.17) is 9.47 Å². The maximum atomic E-state index is 12.0. The molecule has 2 atom stereocenters. The highest BCUT2D eigenvalue weighted by atomic mass is 32.1. The molecule has 142 valence electrons. The smallest absolute Gasteiger partial charge is 0.407 e. The molecule has 8 heteroatoms. The van der Waals surface area contributed by atoms with Gasteiger partial charge in [0.1, 0.15) is 23.3 Å². The summed E-state index contributed by atoms with van der Waals surface area (Å²) in [5.74, 6) is -0.265. The Morgan fingerprint density at radius 3 is 2.52 bits per heavy atom. The first-order chi connectivity index (χ1) is 11.5. The van der Waals surface area contributed by atoms with Crippen molar-refractivity contribution in [2.24, 2.45) is 5.92 Å². The fourth-order valence-corrected chi connectivity index (χ4v) is 2.82. The fourth-order valence-electron chi connectivity index (χ4n) is 2.02. The number of amides is 1. The summed E-state index contributed by atoms with van der Waals surface area (Å²) in [6.07, 6.45) is -1.01. The topological polar surface area (TPSA) is 97.8 Å². The van der Waals surface area contributed by atoms with Crippen LogP contribution in [0, 0.1) is 5.92 Å². The Morgan fingerprint density at radius 1 is 1.36 bits per heavy atom. The van der Waals surface area contributed by atoms with Gasteiger partial charge in [-0.15, -0.1) is 11.3 Å². The molecule has 0 spiro atoms. The first kappa shape index (κ1) is 21.4. The molecule has 2 N–H and O–H groups in total. The minimum atomic E-state index is -0.821. The van der Waals surface area contributed by atoms with Crippen molar-refractivity contribution >= 4 is 23.4 Å². The Balaban J connectivity index is 2.65. The molecule has 0 saturated heterocycles. The van der Waals surface area contributed by atoms with Crippen LogP contribution >= 0.6 is 11.3 Å². The Bertz CT molecular complexity index is 580. The molecule has 0 aliphatic carbocycles. The second-order valence-electron chi connectivity index (χ2n) is 7.21. The average molecular weight is 372 g/mol. The molecule has 0 saturated carbocycles. The Labute approximate surface area is 152 Å². The van der Waals surface area contributed by atoms with E-state index in [1.165, 1.54) is 18.3 Å². The summed E-state index contributed by atoms with van der Waals surface area (Å²) >= 11 is 1.30. The number of aliphatic hydroxyl groups excluding tert-OH is 1. The van der Waals surface area contributed by atoms with Gasteiger partial charge in [-0.25, -0.2) is 9.78 Å². The number of thiazole rings is 1. The number of carbonyl (C=O) groups is 2. The van der Waals surface area contributed by atoms with Gasteiger partial charge in [0.05, 0.1) is 5.69 Å². The number of esters is 1. The number of ether oxygens (including phenoxy) is 2. The number of hydrogen-bond donors (Lipinski definition) is 2. The zero-order valence-corrected chi connectivity index (χ0v) is 16.5. The van der Waals surface area contributed by atoms with Gasteiger partial charge < -0.3 is 19.9 Å². The van der Waals surface area contributed by atoms with Gasteiger partial charge in [-0.1, -0.05) is 13.8 Å². The minimum Gasteiger partial charge on any atom is -0.459 e. The van der Waals surface area contributed by atoms with Crippen LogP contribution < -0.4 is 5.32 Å². The zero-order valence-electron chi connectivity index (χ0n) is 15.7. The predicted molar refractivity (Wildman–Crippen MR) is 95.2 cm³/mol. The van der Waals surface area contributed by atoms with Gasteiger partial charge in [-0.2, -0.15) is 0 Å². The number of nitrogens with zero attached hydrogens (tertiary/aromatic N) is 1. The summed E-state index contributed by atoms with van der Waals surface area (Å²) in [5.41, 5.74) is 0.0148. The van der Waals surface area contributed by atoms with E-state index in [2.05, 4.69) is 10.3 Å². The second-order valence-corrected chi connectivity index (χ2v) is 8.10. The molecule has 0 aliphatic rings. The summed E-state index contributed by atoms with van der Waals surface area (Å²) < 4.78 is 10.2. The molecule has 0 radical (unpaired) electrons. The van der Waals surface area contributed by atoms with Crippen LogP contribution in [0.3, 0.4) is 0 Å². The third-order valence-electron chi connectivity index (χ3n) is 3.26. The molecule has 1 amide bonds. The van der Waals surface area contributed by atoms with E-state index in [-0.39, 0.29) is 24.5 Å². The van der Waals surface area contributed by atoms with Crippen LogP contribution in [0.25, 0.3) is 0 Å². The highest BCUT2D eigenvalue weighted by Crippen LogP contribution is 2.25. The molecule has 1 aromatic rings. The Morgan fingerprint density at radius 2 is 2.00 bits per heavy atom. The lowest BCUT2D eigenvalue weighted by Gasteiger charge is -2.26. The first-order valence-electron chi connectivity index (χ1n) is 8.23. The number of carbonyl (C=O) groups excluding carboxylic acids is 2. The zero-order chi connectivity index (χ0) is 19.2. The van der Waals surface area contributed by atoms with Crippen LogP contribution in [0.1, 0.15) is 64.8 Å². The maximum Gasteiger partial charge on any atom is 0.407 e. The Kier molecular flexibility index (Phi) is 7.82. The quantitative estimate of drug-likeness (QED) is 0.714. The summed E-state index contributed by atoms with van der Waals surface area (Å²) in [4.78, 5) is 27.1. The average Bonchev–Trinajstić information content (AvgIpc) is 2.91. The van der Waals surface area contributed by atoms with Crippen molar-refractivity contribution in [1.29, 1.82) is 0 Å². The van der Waals surface area contributed by atoms with E-state index >= 15 is 0 Å². The first-order valence-corrected chi connectivity index (χ1v) is 9.11. The van der Waals surface area contributed by atoms with Gasteiger partial charge in [0.25, 0.3) is 0 Å². The normalized spacial score (nSPS) is 14.1. The van der Waals surface area contributed by atoms with Crippen molar-refractivity contribution in [3.63, 3.8) is 0 Å². The third kappa shape index (κ3) is 8.31. The van der Waals surface area contributed by atoms with Crippen LogP contribution in [-0.2, 0) is 20.9 Å². The van der Waals surface area contributed by atoms with E-state index in [0.29, 0.717) is 17.1 Å². The van der Waals surface area contributed by atoms with Crippen LogP contribution in [0.2, 0.25) is 0 Å². The van der Waals surface area contributed by atoms with Crippen molar-refractivity contribution < 1.29 is 24.2 Å². The molecular formula is C17H28N2O5S. The van der Waals surface area contributed by atoms with Crippen molar-refractivity contribution in [1.82, 2.24) is 10.3 Å². The molecule has 0 fully saturated rings. The summed E-state index contributed by atoms with van der Waals surface area (Å²) in [5, 5.41) is 15.5. The number of aromatic nitrogens is 1.